The van der Waals surface area contributed by atoms with Crippen molar-refractivity contribution in [2.24, 2.45) is 17.3 Å². The first kappa shape index (κ1) is 42.3. The van der Waals surface area contributed by atoms with E-state index in [4.69, 9.17) is 14.6 Å². The van der Waals surface area contributed by atoms with E-state index in [1.54, 1.807) is 26.0 Å². The lowest BCUT2D eigenvalue weighted by Crippen LogP contribution is -2.51. The van der Waals surface area contributed by atoms with Gasteiger partial charge in [0.05, 0.1) is 35.9 Å². The molecule has 1 fully saturated rings. The van der Waals surface area contributed by atoms with Crippen LogP contribution in [0, 0.1) is 17.3 Å². The number of phenols is 2. The van der Waals surface area contributed by atoms with E-state index < -0.39 is 113 Å². The van der Waals surface area contributed by atoms with Crippen molar-refractivity contribution in [3.05, 3.63) is 63.7 Å². The summed E-state index contributed by atoms with van der Waals surface area (Å²) in [7, 11) is 1.33. The summed E-state index contributed by atoms with van der Waals surface area (Å²) in [6.45, 7) is 1.99. The summed E-state index contributed by atoms with van der Waals surface area (Å²) >= 11 is 0. The third kappa shape index (κ3) is 7.92. The number of aromatic hydroxyl groups is 2. The van der Waals surface area contributed by atoms with Crippen LogP contribution in [-0.2, 0) is 25.5 Å². The maximum absolute atomic E-state index is 14.0. The zero-order valence-corrected chi connectivity index (χ0v) is 32.6. The summed E-state index contributed by atoms with van der Waals surface area (Å²) < 4.78 is 11.1. The highest BCUT2D eigenvalue weighted by molar-refractivity contribution is 6.31. The van der Waals surface area contributed by atoms with Gasteiger partial charge in [-0.3, -0.25) is 24.0 Å². The molecule has 16 heteroatoms. The normalized spacial score (nSPS) is 29.7. The Labute approximate surface area is 334 Å². The number of aliphatic carboxylic acids is 1. The summed E-state index contributed by atoms with van der Waals surface area (Å²) in [5.41, 5.74) is -4.16. The summed E-state index contributed by atoms with van der Waals surface area (Å²) in [5.74, 6) is -6.77. The van der Waals surface area contributed by atoms with Gasteiger partial charge in [-0.15, -0.1) is 0 Å². The number of phenolic OH excluding ortho intramolecular Hbond substituents is 2. The van der Waals surface area contributed by atoms with E-state index in [0.717, 1.165) is 0 Å². The van der Waals surface area contributed by atoms with E-state index in [1.807, 2.05) is 0 Å². The molecule has 0 bridgehead atoms. The molecule has 16 nitrogen and oxygen atoms in total. The number of rotatable bonds is 10. The number of nitrogens with one attached hydrogen (secondary N) is 2. The van der Waals surface area contributed by atoms with Crippen molar-refractivity contribution < 1.29 is 68.9 Å². The molecule has 8 atom stereocenters. The fourth-order valence-corrected chi connectivity index (χ4v) is 9.42. The number of carbonyl (C=O) groups excluding carboxylic acids is 5. The monoisotopic (exact) mass is 806 g/mol. The molecule has 0 saturated heterocycles. The molecular formula is C42H50N2O14. The Hall–Kier alpha value is -5.32. The molecule has 8 N–H and O–H groups in total. The maximum atomic E-state index is 14.0. The number of methoxy groups -OCH3 is 1. The van der Waals surface area contributed by atoms with E-state index in [2.05, 4.69) is 10.6 Å². The number of benzene rings is 2. The van der Waals surface area contributed by atoms with Gasteiger partial charge in [0.1, 0.15) is 42.1 Å². The number of aliphatic hydroxyl groups is 3. The lowest BCUT2D eigenvalue weighted by Gasteiger charge is -2.43. The van der Waals surface area contributed by atoms with Crippen LogP contribution in [0.15, 0.2) is 30.4 Å². The number of alkyl carbamates (subject to hydrolysis) is 1. The molecule has 6 rings (SSSR count). The van der Waals surface area contributed by atoms with Crippen LogP contribution in [0.2, 0.25) is 0 Å². The lowest BCUT2D eigenvalue weighted by atomic mass is 9.65. The Balaban J connectivity index is 1.24. The molecule has 312 valence electrons. The van der Waals surface area contributed by atoms with Crippen LogP contribution in [0.4, 0.5) is 4.79 Å². The van der Waals surface area contributed by atoms with Crippen LogP contribution in [0.25, 0.3) is 0 Å². The number of amides is 2. The summed E-state index contributed by atoms with van der Waals surface area (Å²) in [4.78, 5) is 78.0. The van der Waals surface area contributed by atoms with Gasteiger partial charge in [0.25, 0.3) is 0 Å². The van der Waals surface area contributed by atoms with E-state index in [-0.39, 0.29) is 65.5 Å². The molecule has 0 spiro atoms. The van der Waals surface area contributed by atoms with Gasteiger partial charge in [-0.2, -0.15) is 0 Å². The van der Waals surface area contributed by atoms with Crippen LogP contribution in [0.3, 0.4) is 0 Å². The van der Waals surface area contributed by atoms with Crippen molar-refractivity contribution in [3.63, 3.8) is 0 Å². The highest BCUT2D eigenvalue weighted by atomic mass is 16.6. The van der Waals surface area contributed by atoms with E-state index in [1.165, 1.54) is 25.3 Å². The van der Waals surface area contributed by atoms with E-state index in [9.17, 15) is 54.3 Å². The van der Waals surface area contributed by atoms with Crippen molar-refractivity contribution >= 4 is 35.3 Å². The number of carbonyl (C=O) groups is 6. The zero-order valence-electron chi connectivity index (χ0n) is 32.6. The van der Waals surface area contributed by atoms with Crippen LogP contribution < -0.4 is 15.4 Å². The van der Waals surface area contributed by atoms with E-state index in [0.29, 0.717) is 25.7 Å². The lowest BCUT2D eigenvalue weighted by molar-refractivity contribution is -0.142. The van der Waals surface area contributed by atoms with Gasteiger partial charge in [0, 0.05) is 28.5 Å². The molecule has 2 amide bonds. The number of ether oxygens (including phenoxy) is 2. The van der Waals surface area contributed by atoms with Crippen LogP contribution in [-0.4, -0.2) is 110 Å². The number of carboxylic acid groups (broad SMARTS) is 1. The van der Waals surface area contributed by atoms with Gasteiger partial charge < -0.3 is 50.7 Å². The third-order valence-electron chi connectivity index (χ3n) is 12.5. The second-order valence-corrected chi connectivity index (χ2v) is 16.4. The highest BCUT2D eigenvalue weighted by Gasteiger charge is 2.49. The van der Waals surface area contributed by atoms with Gasteiger partial charge in [0.2, 0.25) is 11.7 Å². The minimum absolute atomic E-state index is 0.0585. The largest absolute Gasteiger partial charge is 0.507 e. The fraction of sp³-hybridized carbons (Fsp3) is 0.524. The predicted molar refractivity (Wildman–Crippen MR) is 204 cm³/mol. The van der Waals surface area contributed by atoms with Gasteiger partial charge in [-0.05, 0) is 81.3 Å². The molecule has 1 unspecified atom stereocenters. The molecule has 1 saturated carbocycles. The second kappa shape index (κ2) is 16.5. The third-order valence-corrected chi connectivity index (χ3v) is 12.5. The molecule has 0 aliphatic heterocycles. The van der Waals surface area contributed by atoms with E-state index >= 15 is 0 Å². The van der Waals surface area contributed by atoms with Crippen molar-refractivity contribution in [2.75, 3.05) is 20.3 Å². The molecule has 0 heterocycles. The van der Waals surface area contributed by atoms with Crippen molar-refractivity contribution in [3.8, 4) is 17.2 Å². The number of ketones is 3. The van der Waals surface area contributed by atoms with Gasteiger partial charge in [0.15, 0.2) is 11.6 Å². The molecule has 0 aromatic heterocycles. The summed E-state index contributed by atoms with van der Waals surface area (Å²) in [5, 5.41) is 70.5. The van der Waals surface area contributed by atoms with Crippen LogP contribution in [0.1, 0.15) is 114 Å². The molecule has 4 aliphatic carbocycles. The Morgan fingerprint density at radius 2 is 1.72 bits per heavy atom. The van der Waals surface area contributed by atoms with Gasteiger partial charge >= 0.3 is 12.1 Å². The first-order valence-electron chi connectivity index (χ1n) is 19.5. The Kier molecular flexibility index (Phi) is 12.0. The number of allylic oxidation sites excluding steroid dienone is 1. The summed E-state index contributed by atoms with van der Waals surface area (Å²) in [6, 6.07) is 3.56. The average molecular weight is 807 g/mol. The summed E-state index contributed by atoms with van der Waals surface area (Å²) in [6.07, 6.45) is 2.43. The minimum atomic E-state index is -2.20. The number of hydrogen-bond donors (Lipinski definition) is 8. The van der Waals surface area contributed by atoms with Crippen LogP contribution in [0.5, 0.6) is 17.2 Å². The molecule has 2 aromatic carbocycles. The number of aliphatic hydroxyl groups excluding tert-OH is 2. The fourth-order valence-electron chi connectivity index (χ4n) is 9.42. The zero-order chi connectivity index (χ0) is 42.3. The number of fused-ring (bicyclic) bond motifs is 3. The average Bonchev–Trinajstić information content (AvgIpc) is 3.18. The molecule has 4 aliphatic rings. The smallest absolute Gasteiger partial charge is 0.408 e. The minimum Gasteiger partial charge on any atom is -0.507 e. The van der Waals surface area contributed by atoms with Gasteiger partial charge in [-0.25, -0.2) is 4.79 Å². The van der Waals surface area contributed by atoms with Gasteiger partial charge in [-0.1, -0.05) is 32.1 Å². The van der Waals surface area contributed by atoms with Crippen LogP contribution >= 0.6 is 0 Å². The number of Topliss-reactive ketones (excluding diaryl/α,β-unsaturated/α-hetero) is 1. The molecule has 58 heavy (non-hydrogen) atoms. The number of hydrogen-bond acceptors (Lipinski definition) is 13. The maximum Gasteiger partial charge on any atom is 0.408 e. The van der Waals surface area contributed by atoms with Crippen molar-refractivity contribution in [1.29, 1.82) is 0 Å². The predicted octanol–water partition coefficient (Wildman–Crippen LogP) is 2.80. The topological polar surface area (TPSA) is 266 Å². The number of carboxylic acids is 1. The molecular weight excluding hydrogens is 756 g/mol. The highest BCUT2D eigenvalue weighted by Crippen LogP contribution is 2.54. The first-order valence-corrected chi connectivity index (χ1v) is 19.5. The second-order valence-electron chi connectivity index (χ2n) is 16.4. The Bertz CT molecular complexity index is 2060. The Morgan fingerprint density at radius 3 is 2.41 bits per heavy atom. The van der Waals surface area contributed by atoms with Crippen molar-refractivity contribution in [2.45, 2.75) is 101 Å². The first-order chi connectivity index (χ1) is 27.4. The molecule has 2 aromatic rings. The Morgan fingerprint density at radius 1 is 1.00 bits per heavy atom. The SMILES string of the molecule is COc1cccc2c1C(=O)c1c(O)c3c(c(O)c1C2=O)C[C@@](O)(C(=O)CO)C[C@@H]3CC1C[C@@H](C)[C@@H](O)[C@@H](NC(=O)O[C@H]2/C=C/CC[C@@](C)(C(=O)NCC(=O)O)CC2)C1. The quantitative estimate of drug-likeness (QED) is 0.108. The standard InChI is InChI=1S/C42H50N2O14/c1-20-13-21(15-26(34(20)49)44-40(55)58-23-7-4-5-11-41(2,12-10-23)39(54)43-18-29(47)48)14-22-16-42(56,28(46)19-45)17-25-30(22)37(52)33-32(36(25)51)35(50)24-8-6-9-27(57-3)31(24)38(33)53/h4,6-9,20-23,26,34,45,49,51-52,56H,5,10-19H2,1-3H3,(H,43,54)(H,44,55)(H,47,48)/b7-4+/t20-,21?,22+,23+,26+,34-,41-,42-/m1/s1. The molecule has 0 radical (unpaired) electrons. The van der Waals surface area contributed by atoms with Crippen molar-refractivity contribution in [1.82, 2.24) is 10.6 Å².